The molecule has 14 nitrogen and oxygen atoms in total. The first-order chi connectivity index (χ1) is 18.1. The van der Waals surface area contributed by atoms with E-state index in [1.54, 1.807) is 12.1 Å². The van der Waals surface area contributed by atoms with Crippen LogP contribution in [0.3, 0.4) is 0 Å². The van der Waals surface area contributed by atoms with Gasteiger partial charge in [-0.3, -0.25) is 14.4 Å². The number of aliphatic hydroxyl groups excluding tert-OH is 1. The molecule has 0 bridgehead atoms. The van der Waals surface area contributed by atoms with Crippen molar-refractivity contribution in [2.24, 2.45) is 11.5 Å². The molecule has 4 atom stereocenters. The second-order valence-corrected chi connectivity index (χ2v) is 8.75. The fourth-order valence-corrected chi connectivity index (χ4v) is 3.55. The van der Waals surface area contributed by atoms with Gasteiger partial charge in [0.1, 0.15) is 23.9 Å². The third kappa shape index (κ3) is 9.80. The number of carboxylic acids is 1. The Morgan fingerprint density at radius 1 is 0.921 bits per heavy atom. The number of aromatic nitrogens is 2. The maximum atomic E-state index is 13.1. The molecule has 0 saturated carbocycles. The summed E-state index contributed by atoms with van der Waals surface area (Å²) >= 11 is 0. The highest BCUT2D eigenvalue weighted by atomic mass is 16.4. The lowest BCUT2D eigenvalue weighted by Crippen LogP contribution is -2.58. The molecule has 2 rings (SSSR count). The van der Waals surface area contributed by atoms with Gasteiger partial charge in [-0.2, -0.15) is 0 Å². The molecule has 0 aliphatic rings. The van der Waals surface area contributed by atoms with Gasteiger partial charge in [-0.05, 0) is 37.1 Å². The first-order valence-corrected chi connectivity index (χ1v) is 12.1. The van der Waals surface area contributed by atoms with E-state index in [0.717, 1.165) is 0 Å². The number of aliphatic carboxylic acids is 1. The largest absolute Gasteiger partial charge is 0.508 e. The van der Waals surface area contributed by atoms with E-state index in [0.29, 0.717) is 37.1 Å². The lowest BCUT2D eigenvalue weighted by molar-refractivity contribution is -0.142. The van der Waals surface area contributed by atoms with Crippen LogP contribution < -0.4 is 27.4 Å². The Hall–Kier alpha value is -4.01. The number of nitrogens with one attached hydrogen (secondary N) is 4. The van der Waals surface area contributed by atoms with Crippen molar-refractivity contribution in [2.75, 3.05) is 13.2 Å². The number of aromatic hydroxyl groups is 1. The summed E-state index contributed by atoms with van der Waals surface area (Å²) in [6.07, 6.45) is 4.31. The highest BCUT2D eigenvalue weighted by Gasteiger charge is 2.30. The number of phenolic OH excluding ortho intramolecular Hbond substituents is 1. The summed E-state index contributed by atoms with van der Waals surface area (Å²) in [4.78, 5) is 56.7. The smallest absolute Gasteiger partial charge is 0.326 e. The van der Waals surface area contributed by atoms with Crippen LogP contribution in [0.1, 0.15) is 30.5 Å². The molecule has 1 aromatic heterocycles. The first-order valence-electron chi connectivity index (χ1n) is 12.1. The van der Waals surface area contributed by atoms with E-state index in [-0.39, 0.29) is 18.6 Å². The van der Waals surface area contributed by atoms with Crippen molar-refractivity contribution >= 4 is 23.7 Å². The van der Waals surface area contributed by atoms with Crippen molar-refractivity contribution in [3.05, 3.63) is 48.0 Å². The SMILES string of the molecule is NCCCCC(N)C(=O)NC(Cc1ccc(O)cc1)C(=O)NC(CO)C(=O)NC(Cc1cnc[nH]1)C(=O)O. The third-order valence-electron chi connectivity index (χ3n) is 5.72. The summed E-state index contributed by atoms with van der Waals surface area (Å²) in [7, 11) is 0. The van der Waals surface area contributed by atoms with Crippen LogP contribution in [-0.2, 0) is 32.0 Å². The zero-order valence-electron chi connectivity index (χ0n) is 20.8. The Morgan fingerprint density at radius 3 is 2.13 bits per heavy atom. The molecular formula is C24H35N7O7. The number of aliphatic hydroxyl groups is 1. The van der Waals surface area contributed by atoms with Crippen molar-refractivity contribution in [3.8, 4) is 5.75 Å². The van der Waals surface area contributed by atoms with Crippen LogP contribution >= 0.6 is 0 Å². The Kier molecular flexibility index (Phi) is 12.2. The molecule has 0 spiro atoms. The number of aromatic amines is 1. The number of nitrogens with two attached hydrogens (primary N) is 2. The molecule has 0 radical (unpaired) electrons. The summed E-state index contributed by atoms with van der Waals surface area (Å²) in [6.45, 7) is -0.373. The Morgan fingerprint density at radius 2 is 1.55 bits per heavy atom. The van der Waals surface area contributed by atoms with Gasteiger partial charge in [-0.15, -0.1) is 0 Å². The molecule has 208 valence electrons. The molecule has 0 aliphatic carbocycles. The second-order valence-electron chi connectivity index (χ2n) is 8.75. The minimum Gasteiger partial charge on any atom is -0.508 e. The van der Waals surface area contributed by atoms with Gasteiger partial charge in [-0.1, -0.05) is 18.6 Å². The quantitative estimate of drug-likeness (QED) is 0.106. The molecule has 3 amide bonds. The molecule has 0 saturated heterocycles. The topological polar surface area (TPSA) is 246 Å². The maximum absolute atomic E-state index is 13.1. The lowest BCUT2D eigenvalue weighted by Gasteiger charge is -2.24. The van der Waals surface area contributed by atoms with E-state index in [4.69, 9.17) is 11.5 Å². The number of amides is 3. The number of phenols is 1. The maximum Gasteiger partial charge on any atom is 0.326 e. The van der Waals surface area contributed by atoms with E-state index in [1.807, 2.05) is 0 Å². The van der Waals surface area contributed by atoms with E-state index < -0.39 is 54.5 Å². The van der Waals surface area contributed by atoms with Crippen LogP contribution in [0.5, 0.6) is 5.75 Å². The highest BCUT2D eigenvalue weighted by molar-refractivity contribution is 5.94. The van der Waals surface area contributed by atoms with Crippen molar-refractivity contribution in [3.63, 3.8) is 0 Å². The zero-order chi connectivity index (χ0) is 28.1. The molecule has 0 aliphatic heterocycles. The molecular weight excluding hydrogens is 498 g/mol. The fourth-order valence-electron chi connectivity index (χ4n) is 3.55. The minimum atomic E-state index is -1.50. The van der Waals surface area contributed by atoms with Crippen LogP contribution in [0.4, 0.5) is 0 Å². The molecule has 38 heavy (non-hydrogen) atoms. The summed E-state index contributed by atoms with van der Waals surface area (Å²) < 4.78 is 0. The number of hydrogen-bond acceptors (Lipinski definition) is 9. The molecule has 1 aromatic carbocycles. The number of nitrogens with zero attached hydrogens (tertiary/aromatic N) is 1. The molecule has 4 unspecified atom stereocenters. The van der Waals surface area contributed by atoms with Gasteiger partial charge in [0.15, 0.2) is 0 Å². The second kappa shape index (κ2) is 15.3. The highest BCUT2D eigenvalue weighted by Crippen LogP contribution is 2.12. The van der Waals surface area contributed by atoms with E-state index in [9.17, 15) is 34.5 Å². The average Bonchev–Trinajstić information content (AvgIpc) is 3.40. The van der Waals surface area contributed by atoms with Crippen molar-refractivity contribution in [2.45, 2.75) is 56.3 Å². The van der Waals surface area contributed by atoms with Gasteiger partial charge >= 0.3 is 5.97 Å². The van der Waals surface area contributed by atoms with Gasteiger partial charge in [0.25, 0.3) is 0 Å². The number of carboxylic acid groups (broad SMARTS) is 1. The van der Waals surface area contributed by atoms with Gasteiger partial charge in [0.2, 0.25) is 17.7 Å². The fraction of sp³-hybridized carbons (Fsp3) is 0.458. The third-order valence-corrected chi connectivity index (χ3v) is 5.72. The number of rotatable bonds is 16. The number of hydrogen-bond donors (Lipinski definition) is 9. The summed E-state index contributed by atoms with van der Waals surface area (Å²) in [5, 5.41) is 36.0. The average molecular weight is 534 g/mol. The Bertz CT molecular complexity index is 1050. The molecule has 14 heteroatoms. The number of carbonyl (C=O) groups is 4. The molecule has 0 fully saturated rings. The van der Waals surface area contributed by atoms with Gasteiger partial charge in [0, 0.05) is 24.7 Å². The number of carbonyl (C=O) groups excluding carboxylic acids is 3. The minimum absolute atomic E-state index is 0.00921. The Labute approximate surface area is 219 Å². The Balaban J connectivity index is 2.11. The van der Waals surface area contributed by atoms with Crippen molar-refractivity contribution in [1.29, 1.82) is 0 Å². The number of imidazole rings is 1. The van der Waals surface area contributed by atoms with E-state index in [1.165, 1.54) is 24.7 Å². The van der Waals surface area contributed by atoms with Crippen LogP contribution in [0.25, 0.3) is 0 Å². The number of H-pyrrole nitrogens is 1. The number of unbranched alkanes of at least 4 members (excludes halogenated alkanes) is 1. The van der Waals surface area contributed by atoms with Gasteiger partial charge < -0.3 is 47.7 Å². The lowest BCUT2D eigenvalue weighted by atomic mass is 10.0. The van der Waals surface area contributed by atoms with E-state index in [2.05, 4.69) is 25.9 Å². The molecule has 1 heterocycles. The van der Waals surface area contributed by atoms with E-state index >= 15 is 0 Å². The summed E-state index contributed by atoms with van der Waals surface area (Å²) in [5.74, 6) is -3.62. The van der Waals surface area contributed by atoms with Crippen LogP contribution in [0.2, 0.25) is 0 Å². The van der Waals surface area contributed by atoms with Gasteiger partial charge in [0.05, 0.1) is 19.0 Å². The van der Waals surface area contributed by atoms with Crippen LogP contribution in [0.15, 0.2) is 36.8 Å². The normalized spacial score (nSPS) is 14.1. The van der Waals surface area contributed by atoms with Gasteiger partial charge in [-0.25, -0.2) is 9.78 Å². The van der Waals surface area contributed by atoms with Crippen LogP contribution in [-0.4, -0.2) is 86.3 Å². The molecule has 2 aromatic rings. The van der Waals surface area contributed by atoms with Crippen molar-refractivity contribution < 1.29 is 34.5 Å². The predicted molar refractivity (Wildman–Crippen MR) is 135 cm³/mol. The predicted octanol–water partition coefficient (Wildman–Crippen LogP) is -2.11. The first kappa shape index (κ1) is 30.2. The van der Waals surface area contributed by atoms with Crippen LogP contribution in [0, 0.1) is 0 Å². The zero-order valence-corrected chi connectivity index (χ0v) is 20.8. The standard InChI is InChI=1S/C24H35N7O7/c25-8-2-1-3-17(26)21(34)29-18(9-14-4-6-16(33)7-5-14)22(35)31-20(12-32)23(36)30-19(24(37)38)10-15-11-27-13-28-15/h4-7,11,13,17-20,32-33H,1-3,8-10,12,25-26H2,(H,27,28)(H,29,34)(H,30,36)(H,31,35)(H,37,38). The summed E-state index contributed by atoms with van der Waals surface area (Å²) in [6, 6.07) is 1.03. The van der Waals surface area contributed by atoms with Crippen molar-refractivity contribution in [1.82, 2.24) is 25.9 Å². The molecule has 11 N–H and O–H groups in total. The number of benzene rings is 1. The monoisotopic (exact) mass is 533 g/mol. The summed E-state index contributed by atoms with van der Waals surface area (Å²) in [5.41, 5.74) is 12.5.